The van der Waals surface area contributed by atoms with Crippen LogP contribution in [0.1, 0.15) is 78.1 Å². The fourth-order valence-corrected chi connectivity index (χ4v) is 6.95. The van der Waals surface area contributed by atoms with Gasteiger partial charge in [0.25, 0.3) is 0 Å². The van der Waals surface area contributed by atoms with Crippen LogP contribution in [0, 0.1) is 34.5 Å². The second kappa shape index (κ2) is 4.34. The first kappa shape index (κ1) is 13.3. The van der Waals surface area contributed by atoms with Crippen LogP contribution < -0.4 is 0 Å². The molecule has 5 unspecified atom stereocenters. The lowest BCUT2D eigenvalue weighted by Crippen LogP contribution is -2.55. The van der Waals surface area contributed by atoms with Crippen LogP contribution in [0.3, 0.4) is 0 Å². The van der Waals surface area contributed by atoms with Crippen LogP contribution in [0.25, 0.3) is 0 Å². The third kappa shape index (κ3) is 1.64. The number of fused-ring (bicyclic) bond motifs is 5. The lowest BCUT2D eigenvalue weighted by molar-refractivity contribution is -0.153. The number of ketones is 1. The van der Waals surface area contributed by atoms with E-state index >= 15 is 0 Å². The van der Waals surface area contributed by atoms with Crippen molar-refractivity contribution in [3.63, 3.8) is 0 Å². The number of carbonyl (C=O) groups excluding carboxylic acids is 1. The molecule has 0 spiro atoms. The van der Waals surface area contributed by atoms with Crippen LogP contribution in [-0.4, -0.2) is 5.78 Å². The fraction of sp³-hybridized carbons (Fsp3) is 0.947. The third-order valence-corrected chi connectivity index (χ3v) is 8.17. The van der Waals surface area contributed by atoms with Crippen molar-refractivity contribution in [2.45, 2.75) is 78.1 Å². The molecule has 6 atom stereocenters. The summed E-state index contributed by atoms with van der Waals surface area (Å²) in [5.41, 5.74) is 1.01. The van der Waals surface area contributed by atoms with Crippen LogP contribution in [0.2, 0.25) is 0 Å². The van der Waals surface area contributed by atoms with Crippen LogP contribution in [0.15, 0.2) is 0 Å². The van der Waals surface area contributed by atoms with E-state index < -0.39 is 0 Å². The summed E-state index contributed by atoms with van der Waals surface area (Å²) in [5.74, 6) is 3.28. The lowest BCUT2D eigenvalue weighted by atomic mass is 9.45. The zero-order chi connectivity index (χ0) is 14.0. The molecule has 1 nitrogen and oxygen atoms in total. The number of rotatable bonds is 0. The van der Waals surface area contributed by atoms with E-state index in [-0.39, 0.29) is 0 Å². The molecule has 0 radical (unpaired) electrons. The molecule has 0 bridgehead atoms. The van der Waals surface area contributed by atoms with Crippen LogP contribution >= 0.6 is 0 Å². The molecule has 1 heteroatoms. The molecule has 0 heterocycles. The van der Waals surface area contributed by atoms with Gasteiger partial charge in [-0.2, -0.15) is 0 Å². The van der Waals surface area contributed by atoms with E-state index in [1.807, 2.05) is 0 Å². The molecule has 0 aromatic rings. The van der Waals surface area contributed by atoms with Gasteiger partial charge in [0.15, 0.2) is 0 Å². The molecule has 20 heavy (non-hydrogen) atoms. The first-order valence-electron chi connectivity index (χ1n) is 9.07. The monoisotopic (exact) mass is 274 g/mol. The van der Waals surface area contributed by atoms with Crippen molar-refractivity contribution >= 4 is 5.78 Å². The first-order valence-corrected chi connectivity index (χ1v) is 9.07. The third-order valence-electron chi connectivity index (χ3n) is 8.17. The number of Topliss-reactive ketones (excluding diaryl/α,β-unsaturated/α-hetero) is 1. The Hall–Kier alpha value is -0.330. The minimum absolute atomic E-state index is 0.440. The van der Waals surface area contributed by atoms with Crippen molar-refractivity contribution in [3.8, 4) is 0 Å². The molecular weight excluding hydrogens is 244 g/mol. The SMILES string of the molecule is CC12CCCC1C1C(=O)C[C@H]3CCCCC3(C)C1CC2. The molecule has 4 aliphatic carbocycles. The van der Waals surface area contributed by atoms with Gasteiger partial charge in [0.2, 0.25) is 0 Å². The van der Waals surface area contributed by atoms with Gasteiger partial charge in [-0.1, -0.05) is 33.1 Å². The van der Waals surface area contributed by atoms with E-state index in [9.17, 15) is 4.79 Å². The minimum Gasteiger partial charge on any atom is -0.299 e. The van der Waals surface area contributed by atoms with E-state index in [0.717, 1.165) is 24.2 Å². The Morgan fingerprint density at radius 1 is 0.900 bits per heavy atom. The molecule has 112 valence electrons. The highest BCUT2D eigenvalue weighted by molar-refractivity contribution is 5.83. The Labute approximate surface area is 123 Å². The van der Waals surface area contributed by atoms with Gasteiger partial charge < -0.3 is 0 Å². The normalized spacial score (nSPS) is 55.0. The van der Waals surface area contributed by atoms with Crippen molar-refractivity contribution < 1.29 is 4.79 Å². The van der Waals surface area contributed by atoms with Gasteiger partial charge in [-0.15, -0.1) is 0 Å². The molecular formula is C19H30O. The smallest absolute Gasteiger partial charge is 0.136 e. The van der Waals surface area contributed by atoms with Crippen LogP contribution in [0.5, 0.6) is 0 Å². The van der Waals surface area contributed by atoms with Gasteiger partial charge in [-0.25, -0.2) is 0 Å². The van der Waals surface area contributed by atoms with Crippen molar-refractivity contribution in [2.75, 3.05) is 0 Å². The molecule has 0 aliphatic heterocycles. The van der Waals surface area contributed by atoms with Crippen molar-refractivity contribution in [1.29, 1.82) is 0 Å². The van der Waals surface area contributed by atoms with E-state index in [2.05, 4.69) is 13.8 Å². The Morgan fingerprint density at radius 2 is 1.75 bits per heavy atom. The van der Waals surface area contributed by atoms with Crippen LogP contribution in [0.4, 0.5) is 0 Å². The predicted molar refractivity (Wildman–Crippen MR) is 81.4 cm³/mol. The number of carbonyl (C=O) groups is 1. The molecule has 0 N–H and O–H groups in total. The van der Waals surface area contributed by atoms with Crippen molar-refractivity contribution in [2.24, 2.45) is 34.5 Å². The highest BCUT2D eigenvalue weighted by atomic mass is 16.1. The summed E-state index contributed by atoms with van der Waals surface area (Å²) in [6.07, 6.45) is 13.3. The van der Waals surface area contributed by atoms with E-state index in [4.69, 9.17) is 0 Å². The summed E-state index contributed by atoms with van der Waals surface area (Å²) < 4.78 is 0. The highest BCUT2D eigenvalue weighted by Crippen LogP contribution is 2.65. The summed E-state index contributed by atoms with van der Waals surface area (Å²) in [7, 11) is 0. The second-order valence-electron chi connectivity index (χ2n) is 8.94. The van der Waals surface area contributed by atoms with Gasteiger partial charge in [0.05, 0.1) is 0 Å². The Kier molecular flexibility index (Phi) is 2.89. The van der Waals surface area contributed by atoms with Gasteiger partial charge >= 0.3 is 0 Å². The zero-order valence-electron chi connectivity index (χ0n) is 13.3. The molecule has 0 aromatic carbocycles. The Balaban J connectivity index is 1.71. The van der Waals surface area contributed by atoms with Gasteiger partial charge in [-0.3, -0.25) is 4.79 Å². The van der Waals surface area contributed by atoms with Gasteiger partial charge in [0, 0.05) is 12.3 Å². The summed E-state index contributed by atoms with van der Waals surface area (Å²) in [6.45, 7) is 5.04. The van der Waals surface area contributed by atoms with E-state index in [1.54, 1.807) is 0 Å². The number of hydrogen-bond donors (Lipinski definition) is 0. The van der Waals surface area contributed by atoms with Crippen LogP contribution in [-0.2, 0) is 4.79 Å². The maximum absolute atomic E-state index is 12.9. The van der Waals surface area contributed by atoms with Crippen molar-refractivity contribution in [1.82, 2.24) is 0 Å². The standard InChI is InChI=1S/C19H30O/c1-18-9-5-7-14(18)17-15(8-11-18)19(2)10-4-3-6-13(19)12-16(17)20/h13-15,17H,3-12H2,1-2H3/t13-,14?,15?,17?,18?,19?/m1/s1. The molecule has 0 amide bonds. The Morgan fingerprint density at radius 3 is 2.60 bits per heavy atom. The maximum atomic E-state index is 12.9. The largest absolute Gasteiger partial charge is 0.299 e. The predicted octanol–water partition coefficient (Wildman–Crippen LogP) is 4.99. The fourth-order valence-electron chi connectivity index (χ4n) is 6.95. The average Bonchev–Trinajstić information content (AvgIpc) is 2.81. The second-order valence-corrected chi connectivity index (χ2v) is 8.94. The average molecular weight is 274 g/mol. The molecule has 4 rings (SSSR count). The highest BCUT2D eigenvalue weighted by Gasteiger charge is 2.59. The van der Waals surface area contributed by atoms with E-state index in [0.29, 0.717) is 22.5 Å². The number of hydrogen-bond acceptors (Lipinski definition) is 1. The van der Waals surface area contributed by atoms with Gasteiger partial charge in [0.1, 0.15) is 5.78 Å². The zero-order valence-corrected chi connectivity index (χ0v) is 13.3. The Bertz CT molecular complexity index is 427. The summed E-state index contributed by atoms with van der Waals surface area (Å²) in [5, 5.41) is 0. The topological polar surface area (TPSA) is 17.1 Å². The van der Waals surface area contributed by atoms with Gasteiger partial charge in [-0.05, 0) is 67.1 Å². The van der Waals surface area contributed by atoms with E-state index in [1.165, 1.54) is 57.8 Å². The maximum Gasteiger partial charge on any atom is 0.136 e. The molecule has 0 aromatic heterocycles. The van der Waals surface area contributed by atoms with Crippen molar-refractivity contribution in [3.05, 3.63) is 0 Å². The summed E-state index contributed by atoms with van der Waals surface area (Å²) in [4.78, 5) is 12.9. The molecule has 4 fully saturated rings. The lowest BCUT2D eigenvalue weighted by Gasteiger charge is -2.59. The quantitative estimate of drug-likeness (QED) is 0.608. The molecule has 4 aliphatic rings. The molecule has 4 saturated carbocycles. The molecule has 0 saturated heterocycles. The first-order chi connectivity index (χ1) is 9.55. The summed E-state index contributed by atoms with van der Waals surface area (Å²) >= 11 is 0. The minimum atomic E-state index is 0.440. The summed E-state index contributed by atoms with van der Waals surface area (Å²) in [6, 6.07) is 0.